The summed E-state index contributed by atoms with van der Waals surface area (Å²) in [6.07, 6.45) is 7.75. The molecule has 90 heavy (non-hydrogen) atoms. The first kappa shape index (κ1) is 84.0. The first-order valence-electron chi connectivity index (χ1n) is 33.3. The van der Waals surface area contributed by atoms with Crippen molar-refractivity contribution in [2.45, 2.75) is 271 Å². The van der Waals surface area contributed by atoms with Crippen LogP contribution in [0.3, 0.4) is 0 Å². The molecule has 0 aliphatic rings. The molecule has 0 aliphatic heterocycles. The van der Waals surface area contributed by atoms with Crippen molar-refractivity contribution in [1.82, 2.24) is 53.2 Å². The molecule has 0 radical (unpaired) electrons. The SMILES string of the molecule is CCCCCCCC(=O)N[C@@H](CC(C)C)C(=O)N[C@@H](CCCN)C(=O)N[C@@H](CC(C)C)C(=O)N[C@@H](CC(C)C)C(=O)N[C@@H](CCCN)C(=O)N[C@@H](CCCN)C(=O)N[C@@H](CC(C)C)C(=O)N[C@@H](CCCN)C(=O)N[C@@H](CCCN)C(=O)N[C@@H](CC(C)C)C(N)=O. The molecular formula is C63H122N16O11. The quantitative estimate of drug-likeness (QED) is 0.0371. The minimum absolute atomic E-state index is 0.00764. The van der Waals surface area contributed by atoms with Gasteiger partial charge in [0.2, 0.25) is 65.0 Å². The summed E-state index contributed by atoms with van der Waals surface area (Å²) in [6, 6.07) is -11.6. The zero-order valence-corrected chi connectivity index (χ0v) is 56.5. The van der Waals surface area contributed by atoms with Gasteiger partial charge in [-0.25, -0.2) is 0 Å². The van der Waals surface area contributed by atoms with E-state index in [4.69, 9.17) is 34.4 Å². The second kappa shape index (κ2) is 47.8. The van der Waals surface area contributed by atoms with Gasteiger partial charge in [-0.1, -0.05) is 102 Å². The molecule has 0 aromatic carbocycles. The maximum absolute atomic E-state index is 14.4. The lowest BCUT2D eigenvalue weighted by Crippen LogP contribution is -2.61. The van der Waals surface area contributed by atoms with Gasteiger partial charge in [0.25, 0.3) is 0 Å². The number of hydrogen-bond acceptors (Lipinski definition) is 16. The summed E-state index contributed by atoms with van der Waals surface area (Å²) in [7, 11) is 0. The fraction of sp³-hybridized carbons (Fsp3) is 0.825. The molecule has 22 N–H and O–H groups in total. The van der Waals surface area contributed by atoms with Crippen molar-refractivity contribution in [2.75, 3.05) is 32.7 Å². The zero-order valence-electron chi connectivity index (χ0n) is 56.5. The van der Waals surface area contributed by atoms with Crippen molar-refractivity contribution in [3.63, 3.8) is 0 Å². The third-order valence-electron chi connectivity index (χ3n) is 14.9. The highest BCUT2D eigenvalue weighted by Gasteiger charge is 2.36. The molecule has 0 unspecified atom stereocenters. The lowest BCUT2D eigenvalue weighted by atomic mass is 9.98. The molecule has 0 aliphatic carbocycles. The van der Waals surface area contributed by atoms with Crippen molar-refractivity contribution in [2.24, 2.45) is 64.0 Å². The van der Waals surface area contributed by atoms with Gasteiger partial charge >= 0.3 is 0 Å². The Hall–Kier alpha value is -6.03. The second-order valence-electron chi connectivity index (χ2n) is 26.0. The van der Waals surface area contributed by atoms with Crippen LogP contribution in [0.2, 0.25) is 0 Å². The van der Waals surface area contributed by atoms with Gasteiger partial charge in [-0.15, -0.1) is 0 Å². The molecule has 0 heterocycles. The Kier molecular flexibility index (Phi) is 44.6. The van der Waals surface area contributed by atoms with Crippen molar-refractivity contribution < 1.29 is 52.7 Å². The van der Waals surface area contributed by atoms with Gasteiger partial charge in [-0.3, -0.25) is 52.7 Å². The topological polar surface area (TPSA) is 464 Å². The van der Waals surface area contributed by atoms with Crippen LogP contribution in [0.4, 0.5) is 0 Å². The van der Waals surface area contributed by atoms with Gasteiger partial charge in [0.05, 0.1) is 0 Å². The fourth-order valence-corrected chi connectivity index (χ4v) is 10.1. The van der Waals surface area contributed by atoms with Crippen LogP contribution in [-0.4, -0.2) is 158 Å². The first-order valence-corrected chi connectivity index (χ1v) is 33.3. The van der Waals surface area contributed by atoms with Gasteiger partial charge in [0.15, 0.2) is 0 Å². The second-order valence-corrected chi connectivity index (χ2v) is 26.0. The van der Waals surface area contributed by atoms with Crippen LogP contribution < -0.4 is 87.6 Å². The molecular weight excluding hydrogens is 1160 g/mol. The summed E-state index contributed by atoms with van der Waals surface area (Å²) in [5.41, 5.74) is 34.9. The Morgan fingerprint density at radius 2 is 0.467 bits per heavy atom. The third kappa shape index (κ3) is 36.7. The summed E-state index contributed by atoms with van der Waals surface area (Å²) < 4.78 is 0. The molecule has 0 saturated heterocycles. The standard InChI is InChI=1S/C63H122N16O11/c1-12-13-14-15-16-27-53(80)70-49(34-39(4)5)60(87)73-47(26-21-32-68)59(86)78-52(37-42(10)11)63(90)79-51(36-41(8)9)62(89)75-44(23-18-29-65)56(83)72-46(25-20-31-67)58(85)77-50(35-40(6)7)61(88)74-43(22-17-28-64)55(82)71-45(24-19-30-66)57(84)76-48(54(69)81)33-38(2)3/h38-52H,12-37,64-68H2,1-11H3,(H2,69,81)(H,70,80)(H,71,82)(H,72,83)(H,73,87)(H,74,88)(H,75,89)(H,76,84)(H,77,85)(H,78,86)(H,79,90)/t43-,44-,45-,46-,47-,48-,49-,50-,51-,52-/m0/s1. The average molecular weight is 1280 g/mol. The molecule has 10 atom stereocenters. The number of nitrogens with one attached hydrogen (secondary N) is 10. The summed E-state index contributed by atoms with van der Waals surface area (Å²) in [4.78, 5) is 153. The molecule has 27 nitrogen and oxygen atoms in total. The molecule has 0 bridgehead atoms. The summed E-state index contributed by atoms with van der Waals surface area (Å²) in [5, 5.41) is 27.7. The summed E-state index contributed by atoms with van der Waals surface area (Å²) in [6.45, 7) is 21.5. The lowest BCUT2D eigenvalue weighted by Gasteiger charge is -2.29. The molecule has 27 heteroatoms. The van der Waals surface area contributed by atoms with Crippen LogP contribution in [0.5, 0.6) is 0 Å². The molecule has 0 fully saturated rings. The highest BCUT2D eigenvalue weighted by molar-refractivity contribution is 5.99. The molecule has 0 saturated carbocycles. The Morgan fingerprint density at radius 3 is 0.689 bits per heavy atom. The Morgan fingerprint density at radius 1 is 0.267 bits per heavy atom. The number of carbonyl (C=O) groups excluding carboxylic acids is 11. The van der Waals surface area contributed by atoms with Crippen molar-refractivity contribution in [3.8, 4) is 0 Å². The number of hydrogen-bond donors (Lipinski definition) is 16. The van der Waals surface area contributed by atoms with Crippen LogP contribution in [0.1, 0.15) is 211 Å². The normalized spacial score (nSPS) is 14.9. The third-order valence-corrected chi connectivity index (χ3v) is 14.9. The van der Waals surface area contributed by atoms with Crippen LogP contribution in [0.15, 0.2) is 0 Å². The van der Waals surface area contributed by atoms with E-state index in [1.54, 1.807) is 0 Å². The van der Waals surface area contributed by atoms with Gasteiger partial charge in [0, 0.05) is 6.42 Å². The Bertz CT molecular complexity index is 2170. The highest BCUT2D eigenvalue weighted by Crippen LogP contribution is 2.15. The Labute approximate surface area is 537 Å². The fourth-order valence-electron chi connectivity index (χ4n) is 10.1. The smallest absolute Gasteiger partial charge is 0.243 e. The predicted molar refractivity (Wildman–Crippen MR) is 351 cm³/mol. The minimum Gasteiger partial charge on any atom is -0.368 e. The number of carbonyl (C=O) groups is 11. The monoisotopic (exact) mass is 1280 g/mol. The van der Waals surface area contributed by atoms with E-state index in [0.717, 1.165) is 25.7 Å². The molecule has 520 valence electrons. The average Bonchev–Trinajstić information content (AvgIpc) is 1.79. The number of rotatable bonds is 51. The zero-order chi connectivity index (χ0) is 68.5. The van der Waals surface area contributed by atoms with Crippen LogP contribution >= 0.6 is 0 Å². The molecule has 11 amide bonds. The predicted octanol–water partition coefficient (Wildman–Crippen LogP) is 0.605. The Balaban J connectivity index is 6.81. The van der Waals surface area contributed by atoms with Crippen LogP contribution in [-0.2, 0) is 52.7 Å². The molecule has 0 rings (SSSR count). The van der Waals surface area contributed by atoms with E-state index in [0.29, 0.717) is 25.7 Å². The molecule has 0 aromatic heterocycles. The summed E-state index contributed by atoms with van der Waals surface area (Å²) >= 11 is 0. The van der Waals surface area contributed by atoms with Gasteiger partial charge in [-0.2, -0.15) is 0 Å². The van der Waals surface area contributed by atoms with Gasteiger partial charge in [-0.05, 0) is 165 Å². The first-order chi connectivity index (χ1) is 42.5. The molecule has 0 aromatic rings. The van der Waals surface area contributed by atoms with Crippen LogP contribution in [0.25, 0.3) is 0 Å². The number of nitrogens with two attached hydrogens (primary N) is 6. The minimum atomic E-state index is -1.28. The molecule has 0 spiro atoms. The number of primary amides is 1. The van der Waals surface area contributed by atoms with E-state index in [2.05, 4.69) is 60.1 Å². The van der Waals surface area contributed by atoms with E-state index in [-0.39, 0.29) is 152 Å². The lowest BCUT2D eigenvalue weighted by molar-refractivity contribution is -0.136. The highest BCUT2D eigenvalue weighted by atomic mass is 16.2. The van der Waals surface area contributed by atoms with E-state index < -0.39 is 119 Å². The van der Waals surface area contributed by atoms with E-state index in [1.165, 1.54) is 0 Å². The maximum Gasteiger partial charge on any atom is 0.243 e. The van der Waals surface area contributed by atoms with Crippen molar-refractivity contribution in [3.05, 3.63) is 0 Å². The van der Waals surface area contributed by atoms with Crippen molar-refractivity contribution >= 4 is 65.0 Å². The number of amides is 11. The van der Waals surface area contributed by atoms with E-state index in [9.17, 15) is 52.7 Å². The van der Waals surface area contributed by atoms with Crippen LogP contribution in [0, 0.1) is 29.6 Å². The summed E-state index contributed by atoms with van der Waals surface area (Å²) in [5.74, 6) is -7.70. The van der Waals surface area contributed by atoms with Crippen molar-refractivity contribution in [1.29, 1.82) is 0 Å². The van der Waals surface area contributed by atoms with E-state index in [1.807, 2.05) is 69.2 Å². The number of unbranched alkanes of at least 4 members (excludes halogenated alkanes) is 4. The maximum atomic E-state index is 14.4. The van der Waals surface area contributed by atoms with Gasteiger partial charge < -0.3 is 87.6 Å². The van der Waals surface area contributed by atoms with E-state index >= 15 is 0 Å². The van der Waals surface area contributed by atoms with Gasteiger partial charge in [0.1, 0.15) is 60.4 Å². The largest absolute Gasteiger partial charge is 0.368 e.